The summed E-state index contributed by atoms with van der Waals surface area (Å²) >= 11 is 6.00. The molecule has 21 heavy (non-hydrogen) atoms. The van der Waals surface area contributed by atoms with Crippen molar-refractivity contribution in [3.8, 4) is 5.75 Å². The molecule has 0 saturated carbocycles. The molecule has 1 aliphatic rings. The smallest absolute Gasteiger partial charge is 0.341 e. The van der Waals surface area contributed by atoms with Crippen LogP contribution in [-0.2, 0) is 9.59 Å². The van der Waals surface area contributed by atoms with Crippen molar-refractivity contribution in [1.82, 2.24) is 0 Å². The van der Waals surface area contributed by atoms with E-state index in [1.165, 1.54) is 6.07 Å². The zero-order valence-electron chi connectivity index (χ0n) is 11.6. The first-order valence-electron chi connectivity index (χ1n) is 6.61. The first-order valence-corrected chi connectivity index (χ1v) is 6.99. The van der Waals surface area contributed by atoms with Crippen LogP contribution in [0.1, 0.15) is 26.2 Å². The molecule has 5 nitrogen and oxygen atoms in total. The van der Waals surface area contributed by atoms with Gasteiger partial charge in [0.15, 0.2) is 6.61 Å². The van der Waals surface area contributed by atoms with Crippen LogP contribution < -0.4 is 10.1 Å². The van der Waals surface area contributed by atoms with Gasteiger partial charge in [0.05, 0.1) is 5.02 Å². The topological polar surface area (TPSA) is 75.6 Å². The number of carbonyl (C=O) groups is 2. The van der Waals surface area contributed by atoms with Crippen LogP contribution in [0.5, 0.6) is 5.75 Å². The van der Waals surface area contributed by atoms with Crippen molar-refractivity contribution in [2.45, 2.75) is 26.2 Å². The minimum atomic E-state index is -1.08. The zero-order valence-corrected chi connectivity index (χ0v) is 12.4. The lowest BCUT2D eigenvalue weighted by atomic mass is 10.1. The normalized spacial score (nSPS) is 14.2. The minimum absolute atomic E-state index is 0.111. The van der Waals surface area contributed by atoms with Crippen LogP contribution >= 0.6 is 11.6 Å². The number of ether oxygens (including phenoxy) is 1. The molecule has 0 bridgehead atoms. The van der Waals surface area contributed by atoms with Gasteiger partial charge < -0.3 is 15.2 Å². The number of carbonyl (C=O) groups excluding carboxylic acids is 1. The summed E-state index contributed by atoms with van der Waals surface area (Å²) in [6.45, 7) is 1.51. The van der Waals surface area contributed by atoms with Gasteiger partial charge in [0.25, 0.3) is 5.91 Å². The number of hydrogen-bond acceptors (Lipinski definition) is 3. The van der Waals surface area contributed by atoms with E-state index in [2.05, 4.69) is 5.32 Å². The number of rotatable bonds is 5. The molecule has 1 amide bonds. The summed E-state index contributed by atoms with van der Waals surface area (Å²) < 4.78 is 5.02. The maximum absolute atomic E-state index is 12.1. The highest BCUT2D eigenvalue weighted by Crippen LogP contribution is 2.30. The Morgan fingerprint density at radius 2 is 2.14 bits per heavy atom. The SMILES string of the molecule is CC1=C(C(=O)Nc2ccc(OCC(=O)O)c(Cl)c2)CCC1. The Hall–Kier alpha value is -2.01. The third kappa shape index (κ3) is 3.98. The minimum Gasteiger partial charge on any atom is -0.480 e. The molecule has 0 unspecified atom stereocenters. The third-order valence-electron chi connectivity index (χ3n) is 3.31. The average Bonchev–Trinajstić information content (AvgIpc) is 2.84. The highest BCUT2D eigenvalue weighted by molar-refractivity contribution is 6.32. The molecule has 0 heterocycles. The average molecular weight is 310 g/mol. The van der Waals surface area contributed by atoms with Crippen molar-refractivity contribution in [1.29, 1.82) is 0 Å². The highest BCUT2D eigenvalue weighted by atomic mass is 35.5. The Balaban J connectivity index is 2.05. The molecule has 0 fully saturated rings. The Bertz CT molecular complexity index is 610. The maximum atomic E-state index is 12.1. The Kier molecular flexibility index (Phi) is 4.85. The molecule has 0 aromatic heterocycles. The summed E-state index contributed by atoms with van der Waals surface area (Å²) in [6, 6.07) is 4.71. The van der Waals surface area contributed by atoms with Gasteiger partial charge in [-0.2, -0.15) is 0 Å². The standard InChI is InChI=1S/C15H16ClNO4/c1-9-3-2-4-11(9)15(20)17-10-5-6-13(12(16)7-10)21-8-14(18)19/h5-7H,2-4,8H2,1H3,(H,17,20)(H,18,19). The maximum Gasteiger partial charge on any atom is 0.341 e. The first-order chi connectivity index (χ1) is 9.97. The van der Waals surface area contributed by atoms with Gasteiger partial charge in [-0.1, -0.05) is 17.2 Å². The Morgan fingerprint density at radius 3 is 2.71 bits per heavy atom. The number of anilines is 1. The Morgan fingerprint density at radius 1 is 1.38 bits per heavy atom. The van der Waals surface area contributed by atoms with Crippen LogP contribution in [0.3, 0.4) is 0 Å². The van der Waals surface area contributed by atoms with Gasteiger partial charge in [-0.05, 0) is 44.4 Å². The number of benzene rings is 1. The molecule has 1 aromatic carbocycles. The number of carboxylic acid groups (broad SMARTS) is 1. The molecule has 1 aromatic rings. The third-order valence-corrected chi connectivity index (χ3v) is 3.60. The molecule has 0 aliphatic heterocycles. The quantitative estimate of drug-likeness (QED) is 0.875. The van der Waals surface area contributed by atoms with Gasteiger partial charge in [-0.15, -0.1) is 0 Å². The number of aliphatic carboxylic acids is 1. The van der Waals surface area contributed by atoms with E-state index in [9.17, 15) is 9.59 Å². The predicted molar refractivity (Wildman–Crippen MR) is 79.8 cm³/mol. The predicted octanol–water partition coefficient (Wildman–Crippen LogP) is 3.24. The number of nitrogens with one attached hydrogen (secondary N) is 1. The van der Waals surface area contributed by atoms with E-state index >= 15 is 0 Å². The molecular weight excluding hydrogens is 294 g/mol. The van der Waals surface area contributed by atoms with Gasteiger partial charge >= 0.3 is 5.97 Å². The number of amides is 1. The summed E-state index contributed by atoms with van der Waals surface area (Å²) in [7, 11) is 0. The van der Waals surface area contributed by atoms with E-state index in [1.807, 2.05) is 6.92 Å². The highest BCUT2D eigenvalue weighted by Gasteiger charge is 2.18. The molecule has 1 aliphatic carbocycles. The van der Waals surface area contributed by atoms with Crippen LogP contribution in [0.4, 0.5) is 5.69 Å². The van der Waals surface area contributed by atoms with Crippen molar-refractivity contribution < 1.29 is 19.4 Å². The molecule has 6 heteroatoms. The number of carboxylic acids is 1. The molecule has 0 atom stereocenters. The molecular formula is C15H16ClNO4. The summed E-state index contributed by atoms with van der Waals surface area (Å²) in [5, 5.41) is 11.6. The second kappa shape index (κ2) is 6.63. The van der Waals surface area contributed by atoms with Gasteiger partial charge in [-0.3, -0.25) is 4.79 Å². The largest absolute Gasteiger partial charge is 0.480 e. The van der Waals surface area contributed by atoms with Crippen LogP contribution in [0.2, 0.25) is 5.02 Å². The number of halogens is 1. The summed E-state index contributed by atoms with van der Waals surface area (Å²) in [6.07, 6.45) is 2.77. The van der Waals surface area contributed by atoms with Crippen molar-refractivity contribution in [2.24, 2.45) is 0 Å². The fourth-order valence-electron chi connectivity index (χ4n) is 2.24. The van der Waals surface area contributed by atoms with E-state index in [0.717, 1.165) is 30.4 Å². The van der Waals surface area contributed by atoms with Crippen molar-refractivity contribution >= 4 is 29.2 Å². The molecule has 112 valence electrons. The monoisotopic (exact) mass is 309 g/mol. The van der Waals surface area contributed by atoms with Crippen LogP contribution in [-0.4, -0.2) is 23.6 Å². The van der Waals surface area contributed by atoms with Crippen molar-refractivity contribution in [3.63, 3.8) is 0 Å². The number of hydrogen-bond donors (Lipinski definition) is 2. The summed E-state index contributed by atoms with van der Waals surface area (Å²) in [5.74, 6) is -0.916. The van der Waals surface area contributed by atoms with E-state index in [-0.39, 0.29) is 16.7 Å². The molecule has 2 rings (SSSR count). The van der Waals surface area contributed by atoms with E-state index in [0.29, 0.717) is 5.69 Å². The lowest BCUT2D eigenvalue weighted by molar-refractivity contribution is -0.139. The van der Waals surface area contributed by atoms with Gasteiger partial charge in [-0.25, -0.2) is 4.79 Å². The van der Waals surface area contributed by atoms with Gasteiger partial charge in [0, 0.05) is 11.3 Å². The summed E-state index contributed by atoms with van der Waals surface area (Å²) in [5.41, 5.74) is 2.51. The first kappa shape index (κ1) is 15.4. The van der Waals surface area contributed by atoms with Crippen LogP contribution in [0.25, 0.3) is 0 Å². The molecule has 0 saturated heterocycles. The van der Waals surface area contributed by atoms with Gasteiger partial charge in [0.2, 0.25) is 0 Å². The zero-order chi connectivity index (χ0) is 15.4. The molecule has 2 N–H and O–H groups in total. The van der Waals surface area contributed by atoms with E-state index in [1.54, 1.807) is 12.1 Å². The summed E-state index contributed by atoms with van der Waals surface area (Å²) in [4.78, 5) is 22.6. The number of allylic oxidation sites excluding steroid dienone is 1. The van der Waals surface area contributed by atoms with Crippen molar-refractivity contribution in [2.75, 3.05) is 11.9 Å². The van der Waals surface area contributed by atoms with Crippen LogP contribution in [0, 0.1) is 0 Å². The Labute approximate surface area is 127 Å². The second-order valence-corrected chi connectivity index (χ2v) is 5.30. The molecule has 0 spiro atoms. The van der Waals surface area contributed by atoms with Crippen LogP contribution in [0.15, 0.2) is 29.3 Å². The van der Waals surface area contributed by atoms with E-state index in [4.69, 9.17) is 21.4 Å². The second-order valence-electron chi connectivity index (χ2n) is 4.89. The fourth-order valence-corrected chi connectivity index (χ4v) is 2.48. The fraction of sp³-hybridized carbons (Fsp3) is 0.333. The molecule has 0 radical (unpaired) electrons. The van der Waals surface area contributed by atoms with Gasteiger partial charge in [0.1, 0.15) is 5.75 Å². The lowest BCUT2D eigenvalue weighted by Crippen LogP contribution is -2.14. The lowest BCUT2D eigenvalue weighted by Gasteiger charge is -2.10. The van der Waals surface area contributed by atoms with E-state index < -0.39 is 12.6 Å². The van der Waals surface area contributed by atoms with Crippen molar-refractivity contribution in [3.05, 3.63) is 34.4 Å².